The fraction of sp³-hybridized carbons (Fsp3) is 0.250. The third-order valence-corrected chi connectivity index (χ3v) is 1.59. The van der Waals surface area contributed by atoms with E-state index in [-0.39, 0.29) is 13.1 Å². The van der Waals surface area contributed by atoms with E-state index in [2.05, 4.69) is 0 Å². The summed E-state index contributed by atoms with van der Waals surface area (Å²) in [5.41, 5.74) is 5.81. The first-order chi connectivity index (χ1) is 6.25. The second-order valence-electron chi connectivity index (χ2n) is 2.49. The largest absolute Gasteiger partial charge is 0.328 e. The Hall–Kier alpha value is -1.62. The maximum absolute atomic E-state index is 10.6. The zero-order chi connectivity index (χ0) is 9.68. The minimum absolute atomic E-state index is 0.219. The SMILES string of the molecule is NCCN(c1ccccc1)[N+](=O)[O-]. The highest BCUT2D eigenvalue weighted by atomic mass is 16.7. The number of para-hydroxylation sites is 1. The zero-order valence-corrected chi connectivity index (χ0v) is 7.09. The predicted octanol–water partition coefficient (Wildman–Crippen LogP) is 0.643. The Bertz CT molecular complexity index is 276. The molecule has 0 unspecified atom stereocenters. The van der Waals surface area contributed by atoms with E-state index in [1.165, 1.54) is 0 Å². The summed E-state index contributed by atoms with van der Waals surface area (Å²) in [6, 6.07) is 8.67. The average molecular weight is 181 g/mol. The van der Waals surface area contributed by atoms with E-state index in [9.17, 15) is 10.1 Å². The molecule has 5 nitrogen and oxygen atoms in total. The Labute approximate surface area is 75.9 Å². The Balaban J connectivity index is 2.82. The van der Waals surface area contributed by atoms with Gasteiger partial charge in [0.1, 0.15) is 5.69 Å². The fourth-order valence-electron chi connectivity index (χ4n) is 1.03. The Morgan fingerprint density at radius 2 is 2.00 bits per heavy atom. The van der Waals surface area contributed by atoms with Crippen molar-refractivity contribution in [3.63, 3.8) is 0 Å². The van der Waals surface area contributed by atoms with Gasteiger partial charge < -0.3 is 5.73 Å². The number of anilines is 1. The second kappa shape index (κ2) is 4.42. The summed E-state index contributed by atoms with van der Waals surface area (Å²) in [5, 5.41) is 11.1. The molecule has 0 atom stereocenters. The van der Waals surface area contributed by atoms with Crippen molar-refractivity contribution >= 4 is 5.69 Å². The fourth-order valence-corrected chi connectivity index (χ4v) is 1.03. The van der Waals surface area contributed by atoms with Crippen LogP contribution in [-0.4, -0.2) is 18.1 Å². The van der Waals surface area contributed by atoms with Gasteiger partial charge in [0.25, 0.3) is 0 Å². The molecule has 13 heavy (non-hydrogen) atoms. The predicted molar refractivity (Wildman–Crippen MR) is 49.8 cm³/mol. The van der Waals surface area contributed by atoms with Gasteiger partial charge in [-0.2, -0.15) is 0 Å². The lowest BCUT2D eigenvalue weighted by atomic mass is 10.3. The molecule has 0 amide bonds. The lowest BCUT2D eigenvalue weighted by Gasteiger charge is -2.12. The zero-order valence-electron chi connectivity index (χ0n) is 7.09. The van der Waals surface area contributed by atoms with Crippen LogP contribution in [0.15, 0.2) is 30.3 Å². The smallest absolute Gasteiger partial charge is 0.165 e. The molecule has 1 aromatic rings. The van der Waals surface area contributed by atoms with Gasteiger partial charge in [0.05, 0.1) is 6.54 Å². The molecule has 0 saturated carbocycles. The molecule has 5 heteroatoms. The van der Waals surface area contributed by atoms with Crippen LogP contribution in [-0.2, 0) is 0 Å². The van der Waals surface area contributed by atoms with Crippen LogP contribution in [0.4, 0.5) is 5.69 Å². The Kier molecular flexibility index (Phi) is 3.22. The van der Waals surface area contributed by atoms with Gasteiger partial charge in [-0.15, -0.1) is 0 Å². The lowest BCUT2D eigenvalue weighted by Crippen LogP contribution is -2.34. The van der Waals surface area contributed by atoms with E-state index in [4.69, 9.17) is 5.73 Å². The summed E-state index contributed by atoms with van der Waals surface area (Å²) in [6.45, 7) is 0.479. The number of rotatable bonds is 4. The van der Waals surface area contributed by atoms with Gasteiger partial charge in [-0.1, -0.05) is 23.2 Å². The van der Waals surface area contributed by atoms with E-state index in [1.54, 1.807) is 24.3 Å². The van der Waals surface area contributed by atoms with Crippen LogP contribution >= 0.6 is 0 Å². The van der Waals surface area contributed by atoms with E-state index in [1.807, 2.05) is 6.07 Å². The molecule has 0 heterocycles. The average Bonchev–Trinajstić information content (AvgIpc) is 2.15. The van der Waals surface area contributed by atoms with Crippen LogP contribution < -0.4 is 10.7 Å². The Morgan fingerprint density at radius 1 is 1.38 bits per heavy atom. The summed E-state index contributed by atoms with van der Waals surface area (Å²) < 4.78 is 0. The van der Waals surface area contributed by atoms with Crippen molar-refractivity contribution in [1.29, 1.82) is 0 Å². The van der Waals surface area contributed by atoms with Crippen LogP contribution in [0.1, 0.15) is 0 Å². The molecule has 70 valence electrons. The quantitative estimate of drug-likeness (QED) is 0.546. The monoisotopic (exact) mass is 181 g/mol. The highest BCUT2D eigenvalue weighted by molar-refractivity contribution is 5.42. The van der Waals surface area contributed by atoms with Crippen molar-refractivity contribution in [2.75, 3.05) is 18.1 Å². The summed E-state index contributed by atoms with van der Waals surface area (Å²) in [4.78, 5) is 10.6. The summed E-state index contributed by atoms with van der Waals surface area (Å²) in [6.07, 6.45) is 0. The van der Waals surface area contributed by atoms with E-state index in [0.717, 1.165) is 5.01 Å². The van der Waals surface area contributed by atoms with Crippen LogP contribution in [0.25, 0.3) is 0 Å². The normalized spacial score (nSPS) is 9.62. The molecule has 0 aliphatic carbocycles. The van der Waals surface area contributed by atoms with Crippen molar-refractivity contribution in [2.45, 2.75) is 0 Å². The molecule has 2 N–H and O–H groups in total. The summed E-state index contributed by atoms with van der Waals surface area (Å²) in [7, 11) is 0. The molecular weight excluding hydrogens is 170 g/mol. The van der Waals surface area contributed by atoms with Crippen LogP contribution in [0.3, 0.4) is 0 Å². The van der Waals surface area contributed by atoms with E-state index < -0.39 is 5.03 Å². The number of nitrogens with two attached hydrogens (primary N) is 1. The second-order valence-corrected chi connectivity index (χ2v) is 2.49. The van der Waals surface area contributed by atoms with Gasteiger partial charge in [0.15, 0.2) is 5.03 Å². The number of hydrogen-bond donors (Lipinski definition) is 1. The highest BCUT2D eigenvalue weighted by Gasteiger charge is 2.14. The van der Waals surface area contributed by atoms with Gasteiger partial charge in [-0.3, -0.25) is 0 Å². The maximum Gasteiger partial charge on any atom is 0.165 e. The highest BCUT2D eigenvalue weighted by Crippen LogP contribution is 2.11. The number of nitro groups is 1. The van der Waals surface area contributed by atoms with Gasteiger partial charge >= 0.3 is 0 Å². The summed E-state index contributed by atoms with van der Waals surface area (Å²) in [5.74, 6) is 0. The van der Waals surface area contributed by atoms with Crippen molar-refractivity contribution < 1.29 is 5.03 Å². The van der Waals surface area contributed by atoms with Crippen LogP contribution in [0.2, 0.25) is 0 Å². The standard InChI is InChI=1S/C8H11N3O2/c9-6-7-10(11(12)13)8-4-2-1-3-5-8/h1-5H,6-7,9H2. The van der Waals surface area contributed by atoms with Crippen molar-refractivity contribution in [1.82, 2.24) is 0 Å². The minimum Gasteiger partial charge on any atom is -0.328 e. The van der Waals surface area contributed by atoms with Gasteiger partial charge in [0.2, 0.25) is 0 Å². The number of benzene rings is 1. The molecular formula is C8H11N3O2. The lowest BCUT2D eigenvalue weighted by molar-refractivity contribution is -0.494. The topological polar surface area (TPSA) is 72.4 Å². The molecule has 1 rings (SSSR count). The third kappa shape index (κ3) is 2.41. The molecule has 0 aromatic heterocycles. The molecule has 0 saturated heterocycles. The van der Waals surface area contributed by atoms with Crippen LogP contribution in [0.5, 0.6) is 0 Å². The first kappa shape index (κ1) is 9.47. The molecule has 0 aliphatic rings. The van der Waals surface area contributed by atoms with Gasteiger partial charge in [0, 0.05) is 6.54 Å². The van der Waals surface area contributed by atoms with Gasteiger partial charge in [-0.25, -0.2) is 10.1 Å². The Morgan fingerprint density at radius 3 is 2.46 bits per heavy atom. The van der Waals surface area contributed by atoms with Crippen LogP contribution in [0, 0.1) is 10.1 Å². The number of nitrogens with zero attached hydrogens (tertiary/aromatic N) is 2. The first-order valence-corrected chi connectivity index (χ1v) is 3.92. The van der Waals surface area contributed by atoms with Crippen molar-refractivity contribution in [2.24, 2.45) is 5.73 Å². The van der Waals surface area contributed by atoms with Gasteiger partial charge in [-0.05, 0) is 12.1 Å². The molecule has 0 bridgehead atoms. The van der Waals surface area contributed by atoms with E-state index in [0.29, 0.717) is 5.69 Å². The molecule has 0 aliphatic heterocycles. The van der Waals surface area contributed by atoms with Crippen molar-refractivity contribution in [3.8, 4) is 0 Å². The van der Waals surface area contributed by atoms with Crippen molar-refractivity contribution in [3.05, 3.63) is 40.4 Å². The first-order valence-electron chi connectivity index (χ1n) is 3.92. The minimum atomic E-state index is -0.456. The molecule has 0 radical (unpaired) electrons. The molecule has 0 spiro atoms. The van der Waals surface area contributed by atoms with E-state index >= 15 is 0 Å². The number of hydrazine groups is 1. The molecule has 0 fully saturated rings. The molecule has 1 aromatic carbocycles. The third-order valence-electron chi connectivity index (χ3n) is 1.59. The number of hydrogen-bond acceptors (Lipinski definition) is 3. The maximum atomic E-state index is 10.6. The summed E-state index contributed by atoms with van der Waals surface area (Å²) >= 11 is 0.